The molecule has 0 spiro atoms. The first-order valence-corrected chi connectivity index (χ1v) is 5.57. The van der Waals surface area contributed by atoms with E-state index >= 15 is 0 Å². The fourth-order valence-corrected chi connectivity index (χ4v) is 2.33. The Balaban J connectivity index is 1.99. The molecule has 1 nitrogen and oxygen atoms in total. The summed E-state index contributed by atoms with van der Waals surface area (Å²) in [5, 5.41) is 3.58. The fraction of sp³-hybridized carbons (Fsp3) is 0.538. The predicted molar refractivity (Wildman–Crippen MR) is 60.3 cm³/mol. The zero-order valence-electron chi connectivity index (χ0n) is 9.39. The molecular weight excluding hydrogens is 189 g/mol. The molecular formula is C13H18FN. The minimum Gasteiger partial charge on any atom is -0.309 e. The smallest absolute Gasteiger partial charge is 0.123 e. The number of nitrogens with one attached hydrogen (secondary N) is 1. The van der Waals surface area contributed by atoms with Crippen molar-refractivity contribution in [3.63, 3.8) is 0 Å². The van der Waals surface area contributed by atoms with E-state index in [4.69, 9.17) is 0 Å². The summed E-state index contributed by atoms with van der Waals surface area (Å²) in [6, 6.07) is 7.41. The van der Waals surface area contributed by atoms with Gasteiger partial charge in [0.15, 0.2) is 0 Å². The molecule has 1 aromatic carbocycles. The molecule has 15 heavy (non-hydrogen) atoms. The summed E-state index contributed by atoms with van der Waals surface area (Å²) < 4.78 is 13.0. The van der Waals surface area contributed by atoms with Gasteiger partial charge in [-0.1, -0.05) is 12.1 Å². The molecule has 1 atom stereocenters. The Morgan fingerprint density at radius 2 is 2.27 bits per heavy atom. The fourth-order valence-electron chi connectivity index (χ4n) is 2.33. The molecule has 0 radical (unpaired) electrons. The first-order chi connectivity index (χ1) is 7.05. The van der Waals surface area contributed by atoms with Crippen molar-refractivity contribution in [2.45, 2.75) is 44.7 Å². The highest BCUT2D eigenvalue weighted by atomic mass is 19.1. The van der Waals surface area contributed by atoms with E-state index in [9.17, 15) is 4.39 Å². The lowest BCUT2D eigenvalue weighted by Gasteiger charge is -2.20. The summed E-state index contributed by atoms with van der Waals surface area (Å²) in [4.78, 5) is 0. The molecule has 0 saturated carbocycles. The number of hydrogen-bond acceptors (Lipinski definition) is 1. The minimum absolute atomic E-state index is 0.134. The number of hydrogen-bond donors (Lipinski definition) is 1. The van der Waals surface area contributed by atoms with Crippen LogP contribution in [0.15, 0.2) is 24.3 Å². The third-order valence-electron chi connectivity index (χ3n) is 3.08. The second-order valence-electron chi connectivity index (χ2n) is 5.10. The van der Waals surface area contributed by atoms with E-state index < -0.39 is 0 Å². The molecule has 1 heterocycles. The van der Waals surface area contributed by atoms with Crippen LogP contribution >= 0.6 is 0 Å². The van der Waals surface area contributed by atoms with E-state index in [-0.39, 0.29) is 11.4 Å². The number of benzene rings is 1. The molecule has 1 aliphatic rings. The average molecular weight is 207 g/mol. The lowest BCUT2D eigenvalue weighted by Crippen LogP contribution is -2.38. The number of rotatable bonds is 2. The van der Waals surface area contributed by atoms with Crippen LogP contribution < -0.4 is 5.32 Å². The Bertz CT molecular complexity index is 346. The highest BCUT2D eigenvalue weighted by molar-refractivity contribution is 5.18. The Hall–Kier alpha value is -0.890. The Morgan fingerprint density at radius 1 is 1.47 bits per heavy atom. The lowest BCUT2D eigenvalue weighted by molar-refractivity contribution is 0.427. The van der Waals surface area contributed by atoms with Crippen molar-refractivity contribution in [1.29, 1.82) is 0 Å². The first-order valence-electron chi connectivity index (χ1n) is 5.57. The maximum Gasteiger partial charge on any atom is 0.123 e. The molecule has 0 unspecified atom stereocenters. The van der Waals surface area contributed by atoms with Gasteiger partial charge in [0.1, 0.15) is 5.82 Å². The summed E-state index contributed by atoms with van der Waals surface area (Å²) >= 11 is 0. The van der Waals surface area contributed by atoms with Gasteiger partial charge in [-0.3, -0.25) is 0 Å². The van der Waals surface area contributed by atoms with Crippen LogP contribution in [0.4, 0.5) is 4.39 Å². The molecule has 2 heteroatoms. The van der Waals surface area contributed by atoms with Crippen LogP contribution in [0, 0.1) is 5.82 Å². The molecule has 0 amide bonds. The highest BCUT2D eigenvalue weighted by Crippen LogP contribution is 2.24. The van der Waals surface area contributed by atoms with Crippen molar-refractivity contribution in [3.8, 4) is 0 Å². The van der Waals surface area contributed by atoms with Gasteiger partial charge in [-0.15, -0.1) is 0 Å². The first kappa shape index (κ1) is 10.6. The van der Waals surface area contributed by atoms with Crippen LogP contribution in [0.25, 0.3) is 0 Å². The normalized spacial score (nSPS) is 24.3. The van der Waals surface area contributed by atoms with Gasteiger partial charge in [-0.05, 0) is 50.8 Å². The molecule has 0 bridgehead atoms. The van der Waals surface area contributed by atoms with E-state index in [2.05, 4.69) is 19.2 Å². The van der Waals surface area contributed by atoms with Crippen molar-refractivity contribution in [2.24, 2.45) is 0 Å². The van der Waals surface area contributed by atoms with Gasteiger partial charge in [0, 0.05) is 11.6 Å². The average Bonchev–Trinajstić information content (AvgIpc) is 2.45. The van der Waals surface area contributed by atoms with Crippen LogP contribution in [0.2, 0.25) is 0 Å². The van der Waals surface area contributed by atoms with Crippen molar-refractivity contribution in [1.82, 2.24) is 5.32 Å². The van der Waals surface area contributed by atoms with E-state index in [1.54, 1.807) is 12.1 Å². The van der Waals surface area contributed by atoms with Gasteiger partial charge in [0.25, 0.3) is 0 Å². The largest absolute Gasteiger partial charge is 0.309 e. The van der Waals surface area contributed by atoms with Gasteiger partial charge >= 0.3 is 0 Å². The van der Waals surface area contributed by atoms with Crippen LogP contribution in [0.5, 0.6) is 0 Å². The van der Waals surface area contributed by atoms with Gasteiger partial charge in [0.2, 0.25) is 0 Å². The van der Waals surface area contributed by atoms with Gasteiger partial charge in [-0.2, -0.15) is 0 Å². The predicted octanol–water partition coefficient (Wildman–Crippen LogP) is 2.90. The molecule has 2 rings (SSSR count). The van der Waals surface area contributed by atoms with Crippen LogP contribution in [0.3, 0.4) is 0 Å². The Labute approximate surface area is 90.7 Å². The van der Waals surface area contributed by atoms with E-state index in [1.165, 1.54) is 18.9 Å². The molecule has 82 valence electrons. The SMILES string of the molecule is CC1(C)CC[C@H](Cc2cccc(F)c2)N1. The minimum atomic E-state index is -0.134. The van der Waals surface area contributed by atoms with Crippen molar-refractivity contribution in [3.05, 3.63) is 35.6 Å². The van der Waals surface area contributed by atoms with E-state index in [0.29, 0.717) is 6.04 Å². The molecule has 1 fully saturated rings. The quantitative estimate of drug-likeness (QED) is 0.786. The van der Waals surface area contributed by atoms with Crippen LogP contribution in [-0.4, -0.2) is 11.6 Å². The van der Waals surface area contributed by atoms with Crippen LogP contribution in [0.1, 0.15) is 32.3 Å². The Kier molecular flexibility index (Phi) is 2.79. The molecule has 1 saturated heterocycles. The third-order valence-corrected chi connectivity index (χ3v) is 3.08. The summed E-state index contributed by atoms with van der Waals surface area (Å²) in [5.74, 6) is -0.134. The standard InChI is InChI=1S/C13H18FN/c1-13(2)7-6-12(15-13)9-10-4-3-5-11(14)8-10/h3-5,8,12,15H,6-7,9H2,1-2H3/t12-/m1/s1. The van der Waals surface area contributed by atoms with Gasteiger partial charge in [-0.25, -0.2) is 4.39 Å². The summed E-state index contributed by atoms with van der Waals surface area (Å²) in [6.45, 7) is 4.44. The van der Waals surface area contributed by atoms with Crippen LogP contribution in [-0.2, 0) is 6.42 Å². The topological polar surface area (TPSA) is 12.0 Å². The van der Waals surface area contributed by atoms with Crippen molar-refractivity contribution in [2.75, 3.05) is 0 Å². The molecule has 0 aliphatic carbocycles. The Morgan fingerprint density at radius 3 is 2.87 bits per heavy atom. The van der Waals surface area contributed by atoms with Crippen molar-refractivity contribution >= 4 is 0 Å². The van der Waals surface area contributed by atoms with E-state index in [0.717, 1.165) is 12.0 Å². The van der Waals surface area contributed by atoms with Gasteiger partial charge in [0.05, 0.1) is 0 Å². The second-order valence-corrected chi connectivity index (χ2v) is 5.10. The molecule has 1 aromatic rings. The number of halogens is 1. The van der Waals surface area contributed by atoms with Crippen molar-refractivity contribution < 1.29 is 4.39 Å². The third kappa shape index (κ3) is 2.78. The van der Waals surface area contributed by atoms with Gasteiger partial charge < -0.3 is 5.32 Å². The lowest BCUT2D eigenvalue weighted by atomic mass is 10.0. The monoisotopic (exact) mass is 207 g/mol. The second kappa shape index (κ2) is 3.93. The zero-order valence-corrected chi connectivity index (χ0v) is 9.39. The highest BCUT2D eigenvalue weighted by Gasteiger charge is 2.29. The zero-order chi connectivity index (χ0) is 10.9. The maximum absolute atomic E-state index is 13.0. The molecule has 0 aromatic heterocycles. The van der Waals surface area contributed by atoms with E-state index in [1.807, 2.05) is 6.07 Å². The summed E-state index contributed by atoms with van der Waals surface area (Å²) in [6.07, 6.45) is 3.32. The molecule has 1 N–H and O–H groups in total. The summed E-state index contributed by atoms with van der Waals surface area (Å²) in [5.41, 5.74) is 1.34. The maximum atomic E-state index is 13.0. The molecule has 1 aliphatic heterocycles. The summed E-state index contributed by atoms with van der Waals surface area (Å²) in [7, 11) is 0.